The van der Waals surface area contributed by atoms with E-state index in [1.165, 1.54) is 4.90 Å². The smallest absolute Gasteiger partial charge is 0.264 e. The molecule has 3 aromatic rings. The van der Waals surface area contributed by atoms with Crippen LogP contribution >= 0.6 is 0 Å². The van der Waals surface area contributed by atoms with Crippen molar-refractivity contribution in [3.63, 3.8) is 0 Å². The van der Waals surface area contributed by atoms with Crippen molar-refractivity contribution in [3.8, 4) is 0 Å². The molecule has 0 saturated carbocycles. The van der Waals surface area contributed by atoms with Gasteiger partial charge < -0.3 is 10.2 Å². The molecule has 0 spiro atoms. The zero-order valence-corrected chi connectivity index (χ0v) is 24.1. The maximum atomic E-state index is 14.0. The van der Waals surface area contributed by atoms with Crippen LogP contribution in [0.1, 0.15) is 49.8 Å². The molecule has 1 atom stereocenters. The fraction of sp³-hybridized carbons (Fsp3) is 0.355. The summed E-state index contributed by atoms with van der Waals surface area (Å²) in [6.07, 6.45) is 2.17. The molecule has 39 heavy (non-hydrogen) atoms. The Morgan fingerprint density at radius 2 is 1.56 bits per heavy atom. The second-order valence-corrected chi connectivity index (χ2v) is 11.6. The lowest BCUT2D eigenvalue weighted by molar-refractivity contribution is -0.140. The number of nitrogens with one attached hydrogen (secondary N) is 1. The second kappa shape index (κ2) is 13.9. The molecule has 2 amide bonds. The lowest BCUT2D eigenvalue weighted by atomic mass is 10.1. The molecule has 0 aliphatic heterocycles. The predicted octanol–water partition coefficient (Wildman–Crippen LogP) is 5.22. The highest BCUT2D eigenvalue weighted by Crippen LogP contribution is 2.26. The number of amides is 2. The molecule has 208 valence electrons. The predicted molar refractivity (Wildman–Crippen MR) is 156 cm³/mol. The monoisotopic (exact) mass is 549 g/mol. The molecule has 0 unspecified atom stereocenters. The summed E-state index contributed by atoms with van der Waals surface area (Å²) in [5.74, 6) is -0.688. The van der Waals surface area contributed by atoms with Gasteiger partial charge in [0, 0.05) is 13.1 Å². The fourth-order valence-corrected chi connectivity index (χ4v) is 5.76. The SMILES string of the molecule is CCCCNC(=O)[C@H](CC)N(Cc1ccccc1)C(=O)CN(c1cccc(C)c1)S(=O)(=O)c1ccc(C)cc1. The molecular weight excluding hydrogens is 510 g/mol. The second-order valence-electron chi connectivity index (χ2n) is 9.74. The van der Waals surface area contributed by atoms with Crippen molar-refractivity contribution in [2.75, 3.05) is 17.4 Å². The zero-order valence-electron chi connectivity index (χ0n) is 23.3. The molecule has 0 radical (unpaired) electrons. The summed E-state index contributed by atoms with van der Waals surface area (Å²) in [6.45, 7) is 7.93. The zero-order chi connectivity index (χ0) is 28.4. The van der Waals surface area contributed by atoms with Crippen LogP contribution in [0.3, 0.4) is 0 Å². The standard InChI is InChI=1S/C31H39N3O4S/c1-5-7-20-32-31(36)29(6-2)33(22-26-13-9-8-10-14-26)30(35)23-34(27-15-11-12-25(4)21-27)39(37,38)28-18-16-24(3)17-19-28/h8-19,21,29H,5-7,20,22-23H2,1-4H3,(H,32,36)/t29-/m0/s1. The number of sulfonamides is 1. The van der Waals surface area contributed by atoms with Crippen molar-refractivity contribution in [1.29, 1.82) is 0 Å². The number of nitrogens with zero attached hydrogens (tertiary/aromatic N) is 2. The van der Waals surface area contributed by atoms with Crippen molar-refractivity contribution in [2.24, 2.45) is 0 Å². The Labute approximate surface area is 232 Å². The van der Waals surface area contributed by atoms with Gasteiger partial charge in [0.25, 0.3) is 10.0 Å². The third kappa shape index (κ3) is 7.93. The summed E-state index contributed by atoms with van der Waals surface area (Å²) in [6, 6.07) is 22.3. The normalized spacial score (nSPS) is 12.0. The van der Waals surface area contributed by atoms with Crippen LogP contribution in [-0.4, -0.2) is 44.3 Å². The minimum Gasteiger partial charge on any atom is -0.354 e. The lowest BCUT2D eigenvalue weighted by Crippen LogP contribution is -2.52. The van der Waals surface area contributed by atoms with Crippen molar-refractivity contribution >= 4 is 27.5 Å². The molecular formula is C31H39N3O4S. The maximum Gasteiger partial charge on any atom is 0.264 e. The van der Waals surface area contributed by atoms with E-state index in [0.717, 1.165) is 33.8 Å². The summed E-state index contributed by atoms with van der Waals surface area (Å²) in [5, 5.41) is 2.94. The molecule has 1 N–H and O–H groups in total. The van der Waals surface area contributed by atoms with Crippen LogP contribution in [0.4, 0.5) is 5.69 Å². The molecule has 0 saturated heterocycles. The molecule has 0 fully saturated rings. The molecule has 0 heterocycles. The third-order valence-corrected chi connectivity index (χ3v) is 8.38. The summed E-state index contributed by atoms with van der Waals surface area (Å²) in [5.41, 5.74) is 3.05. The van der Waals surface area contributed by atoms with Gasteiger partial charge >= 0.3 is 0 Å². The molecule has 3 rings (SSSR count). The summed E-state index contributed by atoms with van der Waals surface area (Å²) >= 11 is 0. The average Bonchev–Trinajstić information content (AvgIpc) is 2.92. The first-order valence-electron chi connectivity index (χ1n) is 13.4. The Kier molecular flexibility index (Phi) is 10.7. The van der Waals surface area contributed by atoms with Crippen molar-refractivity contribution in [1.82, 2.24) is 10.2 Å². The van der Waals surface area contributed by atoms with Gasteiger partial charge in [-0.2, -0.15) is 0 Å². The quantitative estimate of drug-likeness (QED) is 0.296. The highest BCUT2D eigenvalue weighted by molar-refractivity contribution is 7.92. The molecule has 0 aromatic heterocycles. The number of hydrogen-bond donors (Lipinski definition) is 1. The van der Waals surface area contributed by atoms with E-state index in [9.17, 15) is 18.0 Å². The first-order chi connectivity index (χ1) is 18.7. The number of aryl methyl sites for hydroxylation is 2. The van der Waals surface area contributed by atoms with Crippen LogP contribution in [0, 0.1) is 13.8 Å². The van der Waals surface area contributed by atoms with Gasteiger partial charge in [-0.1, -0.05) is 80.4 Å². The van der Waals surface area contributed by atoms with Crippen LogP contribution in [0.2, 0.25) is 0 Å². The lowest BCUT2D eigenvalue weighted by Gasteiger charge is -2.33. The Morgan fingerprint density at radius 3 is 2.18 bits per heavy atom. The van der Waals surface area contributed by atoms with Gasteiger partial charge in [0.15, 0.2) is 0 Å². The number of carbonyl (C=O) groups excluding carboxylic acids is 2. The number of rotatable bonds is 13. The Hall–Kier alpha value is -3.65. The van der Waals surface area contributed by atoms with Crippen LogP contribution in [0.25, 0.3) is 0 Å². The van der Waals surface area contributed by atoms with E-state index in [1.54, 1.807) is 42.5 Å². The number of unbranched alkanes of at least 4 members (excludes halogenated alkanes) is 1. The van der Waals surface area contributed by atoms with Gasteiger partial charge in [-0.05, 0) is 62.1 Å². The van der Waals surface area contributed by atoms with Gasteiger partial charge in [0.2, 0.25) is 11.8 Å². The fourth-order valence-electron chi connectivity index (χ4n) is 4.36. The van der Waals surface area contributed by atoms with Gasteiger partial charge in [-0.25, -0.2) is 8.42 Å². The van der Waals surface area contributed by atoms with Crippen LogP contribution < -0.4 is 9.62 Å². The van der Waals surface area contributed by atoms with Crippen molar-refractivity contribution in [2.45, 2.75) is 64.4 Å². The van der Waals surface area contributed by atoms with Gasteiger partial charge in [0.1, 0.15) is 12.6 Å². The number of benzene rings is 3. The van der Waals surface area contributed by atoms with Crippen molar-refractivity contribution < 1.29 is 18.0 Å². The van der Waals surface area contributed by atoms with E-state index >= 15 is 0 Å². The minimum atomic E-state index is -4.07. The van der Waals surface area contributed by atoms with Gasteiger partial charge in [-0.15, -0.1) is 0 Å². The van der Waals surface area contributed by atoms with E-state index < -0.39 is 28.5 Å². The summed E-state index contributed by atoms with van der Waals surface area (Å²) in [4.78, 5) is 28.8. The number of anilines is 1. The van der Waals surface area contributed by atoms with Crippen LogP contribution in [0.5, 0.6) is 0 Å². The van der Waals surface area contributed by atoms with Crippen LogP contribution in [-0.2, 0) is 26.2 Å². The van der Waals surface area contributed by atoms with Gasteiger partial charge in [0.05, 0.1) is 10.6 Å². The van der Waals surface area contributed by atoms with E-state index in [0.29, 0.717) is 18.7 Å². The van der Waals surface area contributed by atoms with E-state index in [1.807, 2.05) is 64.1 Å². The highest BCUT2D eigenvalue weighted by atomic mass is 32.2. The largest absolute Gasteiger partial charge is 0.354 e. The Balaban J connectivity index is 2.02. The first-order valence-corrected chi connectivity index (χ1v) is 14.9. The van der Waals surface area contributed by atoms with Crippen molar-refractivity contribution in [3.05, 3.63) is 95.6 Å². The van der Waals surface area contributed by atoms with E-state index in [4.69, 9.17) is 0 Å². The minimum absolute atomic E-state index is 0.0985. The first kappa shape index (κ1) is 29.9. The maximum absolute atomic E-state index is 14.0. The van der Waals surface area contributed by atoms with Gasteiger partial charge in [-0.3, -0.25) is 13.9 Å². The number of carbonyl (C=O) groups is 2. The Bertz CT molecular complexity index is 1340. The molecule has 0 bridgehead atoms. The average molecular weight is 550 g/mol. The molecule has 7 nitrogen and oxygen atoms in total. The topological polar surface area (TPSA) is 86.8 Å². The highest BCUT2D eigenvalue weighted by Gasteiger charge is 2.33. The summed E-state index contributed by atoms with van der Waals surface area (Å²) in [7, 11) is -4.07. The van der Waals surface area contributed by atoms with E-state index in [2.05, 4.69) is 5.32 Å². The van der Waals surface area contributed by atoms with E-state index in [-0.39, 0.29) is 17.3 Å². The van der Waals surface area contributed by atoms with Crippen LogP contribution in [0.15, 0.2) is 83.8 Å². The molecule has 0 aliphatic carbocycles. The third-order valence-electron chi connectivity index (χ3n) is 6.59. The Morgan fingerprint density at radius 1 is 0.872 bits per heavy atom. The molecule has 0 aliphatic rings. The molecule has 8 heteroatoms. The number of hydrogen-bond acceptors (Lipinski definition) is 4. The summed E-state index contributed by atoms with van der Waals surface area (Å²) < 4.78 is 28.9. The molecule has 3 aromatic carbocycles.